The molecule has 1 amide bonds. The summed E-state index contributed by atoms with van der Waals surface area (Å²) >= 11 is 6.07. The zero-order valence-electron chi connectivity index (χ0n) is 15.5. The molecule has 0 spiro atoms. The van der Waals surface area contributed by atoms with Gasteiger partial charge in [0.1, 0.15) is 0 Å². The number of hydrogen-bond donors (Lipinski definition) is 1. The summed E-state index contributed by atoms with van der Waals surface area (Å²) in [5.41, 5.74) is 4.75. The molecular weight excluding hydrogens is 346 g/mol. The van der Waals surface area contributed by atoms with Gasteiger partial charge in [-0.05, 0) is 49.2 Å². The molecule has 2 aromatic carbocycles. The third-order valence-corrected chi connectivity index (χ3v) is 5.30. The molecule has 1 fully saturated rings. The summed E-state index contributed by atoms with van der Waals surface area (Å²) in [4.78, 5) is 16.7. The van der Waals surface area contributed by atoms with Crippen molar-refractivity contribution >= 4 is 28.9 Å². The Kier molecular flexibility index (Phi) is 6.04. The summed E-state index contributed by atoms with van der Waals surface area (Å²) in [6, 6.07) is 14.1. The molecule has 0 aliphatic carbocycles. The van der Waals surface area contributed by atoms with E-state index in [1.165, 1.54) is 11.1 Å². The Morgan fingerprint density at radius 1 is 1.08 bits per heavy atom. The molecule has 0 bridgehead atoms. The Bertz CT molecular complexity index is 770. The summed E-state index contributed by atoms with van der Waals surface area (Å²) in [7, 11) is 0. The zero-order chi connectivity index (χ0) is 18.5. The van der Waals surface area contributed by atoms with Crippen LogP contribution in [0.1, 0.15) is 17.5 Å². The topological polar surface area (TPSA) is 35.6 Å². The van der Waals surface area contributed by atoms with Crippen molar-refractivity contribution in [3.05, 3.63) is 58.6 Å². The van der Waals surface area contributed by atoms with E-state index in [0.29, 0.717) is 13.0 Å². The molecule has 1 aliphatic rings. The normalized spacial score (nSPS) is 14.4. The lowest BCUT2D eigenvalue weighted by atomic mass is 10.1. The lowest BCUT2D eigenvalue weighted by Gasteiger charge is -2.36. The van der Waals surface area contributed by atoms with E-state index < -0.39 is 0 Å². The zero-order valence-corrected chi connectivity index (χ0v) is 16.2. The molecule has 0 unspecified atom stereocenters. The number of piperazine rings is 1. The van der Waals surface area contributed by atoms with Crippen molar-refractivity contribution in [1.82, 2.24) is 4.90 Å². The first kappa shape index (κ1) is 18.6. The maximum Gasteiger partial charge on any atom is 0.224 e. The predicted molar refractivity (Wildman–Crippen MR) is 109 cm³/mol. The Hall–Kier alpha value is -2.20. The van der Waals surface area contributed by atoms with Crippen LogP contribution in [0.4, 0.5) is 11.4 Å². The van der Waals surface area contributed by atoms with E-state index in [2.05, 4.69) is 42.3 Å². The minimum absolute atomic E-state index is 0.216. The molecule has 1 aliphatic heterocycles. The molecule has 1 N–H and O–H groups in total. The van der Waals surface area contributed by atoms with Crippen molar-refractivity contribution in [2.75, 3.05) is 42.9 Å². The Balaban J connectivity index is 1.46. The average molecular weight is 372 g/mol. The van der Waals surface area contributed by atoms with Crippen LogP contribution in [0.25, 0.3) is 0 Å². The second-order valence-electron chi connectivity index (χ2n) is 6.77. The number of rotatable bonds is 5. The van der Waals surface area contributed by atoms with Crippen LogP contribution >= 0.6 is 11.6 Å². The quantitative estimate of drug-likeness (QED) is 0.859. The first-order valence-electron chi connectivity index (χ1n) is 9.13. The summed E-state index contributed by atoms with van der Waals surface area (Å²) < 4.78 is 0. The molecule has 0 atom stereocenters. The Morgan fingerprint density at radius 3 is 2.54 bits per heavy atom. The molecule has 2 aromatic rings. The van der Waals surface area contributed by atoms with Gasteiger partial charge in [0.15, 0.2) is 0 Å². The fourth-order valence-corrected chi connectivity index (χ4v) is 3.48. The minimum Gasteiger partial charge on any atom is -0.384 e. The van der Waals surface area contributed by atoms with Crippen LogP contribution in [-0.2, 0) is 4.79 Å². The van der Waals surface area contributed by atoms with E-state index in [4.69, 9.17) is 11.6 Å². The minimum atomic E-state index is 0.216. The first-order chi connectivity index (χ1) is 12.5. The van der Waals surface area contributed by atoms with E-state index in [1.54, 1.807) is 0 Å². The van der Waals surface area contributed by atoms with E-state index >= 15 is 0 Å². The van der Waals surface area contributed by atoms with Crippen molar-refractivity contribution in [2.45, 2.75) is 20.3 Å². The van der Waals surface area contributed by atoms with Crippen molar-refractivity contribution in [3.8, 4) is 0 Å². The summed E-state index contributed by atoms with van der Waals surface area (Å²) in [6.07, 6.45) is 0.518. The molecule has 1 saturated heterocycles. The van der Waals surface area contributed by atoms with Gasteiger partial charge in [-0.2, -0.15) is 0 Å². The van der Waals surface area contributed by atoms with Gasteiger partial charge in [-0.15, -0.1) is 0 Å². The number of nitrogens with one attached hydrogen (secondary N) is 1. The maximum absolute atomic E-state index is 12.5. The fourth-order valence-electron chi connectivity index (χ4n) is 3.29. The molecule has 3 rings (SSSR count). The number of halogens is 1. The second-order valence-corrected chi connectivity index (χ2v) is 7.21. The number of carbonyl (C=O) groups excluding carboxylic acids is 1. The largest absolute Gasteiger partial charge is 0.384 e. The van der Waals surface area contributed by atoms with Crippen molar-refractivity contribution in [2.24, 2.45) is 0 Å². The van der Waals surface area contributed by atoms with Gasteiger partial charge < -0.3 is 15.1 Å². The van der Waals surface area contributed by atoms with Crippen LogP contribution in [0.15, 0.2) is 42.5 Å². The molecule has 0 saturated carbocycles. The third-order valence-electron chi connectivity index (χ3n) is 5.06. The molecule has 0 aromatic heterocycles. The maximum atomic E-state index is 12.5. The second kappa shape index (κ2) is 8.45. The van der Waals surface area contributed by atoms with Crippen LogP contribution < -0.4 is 10.2 Å². The van der Waals surface area contributed by atoms with Crippen molar-refractivity contribution < 1.29 is 4.79 Å². The van der Waals surface area contributed by atoms with Crippen LogP contribution in [0.2, 0.25) is 5.02 Å². The van der Waals surface area contributed by atoms with Crippen molar-refractivity contribution in [3.63, 3.8) is 0 Å². The fraction of sp³-hybridized carbons (Fsp3) is 0.381. The first-order valence-corrected chi connectivity index (χ1v) is 9.51. The third kappa shape index (κ3) is 4.50. The molecular formula is C21H26ClN3O. The molecule has 1 heterocycles. The van der Waals surface area contributed by atoms with Gasteiger partial charge >= 0.3 is 0 Å². The summed E-state index contributed by atoms with van der Waals surface area (Å²) in [5, 5.41) is 4.14. The highest BCUT2D eigenvalue weighted by molar-refractivity contribution is 6.30. The van der Waals surface area contributed by atoms with E-state index in [9.17, 15) is 4.79 Å². The highest BCUT2D eigenvalue weighted by Crippen LogP contribution is 2.21. The van der Waals surface area contributed by atoms with Gasteiger partial charge in [0.2, 0.25) is 5.91 Å². The van der Waals surface area contributed by atoms with Gasteiger partial charge in [-0.3, -0.25) is 4.79 Å². The Morgan fingerprint density at radius 2 is 1.81 bits per heavy atom. The standard InChI is InChI=1S/C21H26ClN3O/c1-16-5-3-8-20(17(16)2)23-10-9-21(26)25-13-11-24(12-14-25)19-7-4-6-18(22)15-19/h3-8,15,23H,9-14H2,1-2H3. The van der Waals surface area contributed by atoms with Gasteiger partial charge in [-0.1, -0.05) is 29.8 Å². The lowest BCUT2D eigenvalue weighted by molar-refractivity contribution is -0.131. The SMILES string of the molecule is Cc1cccc(NCCC(=O)N2CCN(c3cccc(Cl)c3)CC2)c1C. The number of amides is 1. The van der Waals surface area contributed by atoms with Gasteiger partial charge in [0.05, 0.1) is 0 Å². The molecule has 5 heteroatoms. The molecule has 0 radical (unpaired) electrons. The van der Waals surface area contributed by atoms with E-state index in [0.717, 1.165) is 42.6 Å². The van der Waals surface area contributed by atoms with Gasteiger partial charge in [0, 0.05) is 55.5 Å². The highest BCUT2D eigenvalue weighted by atomic mass is 35.5. The van der Waals surface area contributed by atoms with E-state index in [-0.39, 0.29) is 5.91 Å². The van der Waals surface area contributed by atoms with Crippen LogP contribution in [0.3, 0.4) is 0 Å². The van der Waals surface area contributed by atoms with Gasteiger partial charge in [-0.25, -0.2) is 0 Å². The molecule has 4 nitrogen and oxygen atoms in total. The number of benzene rings is 2. The number of aryl methyl sites for hydroxylation is 1. The Labute approximate surface area is 160 Å². The lowest BCUT2D eigenvalue weighted by Crippen LogP contribution is -2.49. The number of hydrogen-bond acceptors (Lipinski definition) is 3. The highest BCUT2D eigenvalue weighted by Gasteiger charge is 2.21. The number of anilines is 2. The van der Waals surface area contributed by atoms with Crippen LogP contribution in [0, 0.1) is 13.8 Å². The van der Waals surface area contributed by atoms with Crippen LogP contribution in [-0.4, -0.2) is 43.5 Å². The summed E-state index contributed by atoms with van der Waals surface area (Å²) in [5.74, 6) is 0.216. The van der Waals surface area contributed by atoms with Gasteiger partial charge in [0.25, 0.3) is 0 Å². The van der Waals surface area contributed by atoms with Crippen LogP contribution in [0.5, 0.6) is 0 Å². The number of carbonyl (C=O) groups is 1. The average Bonchev–Trinajstić information content (AvgIpc) is 2.65. The van der Waals surface area contributed by atoms with E-state index in [1.807, 2.05) is 29.2 Å². The number of nitrogens with zero attached hydrogens (tertiary/aromatic N) is 2. The van der Waals surface area contributed by atoms with Crippen molar-refractivity contribution in [1.29, 1.82) is 0 Å². The molecule has 138 valence electrons. The monoisotopic (exact) mass is 371 g/mol. The smallest absolute Gasteiger partial charge is 0.224 e. The molecule has 26 heavy (non-hydrogen) atoms. The predicted octanol–water partition coefficient (Wildman–Crippen LogP) is 4.11. The summed E-state index contributed by atoms with van der Waals surface area (Å²) in [6.45, 7) is 8.08.